The van der Waals surface area contributed by atoms with Crippen LogP contribution < -0.4 is 11.1 Å². The number of carbonyl (C=O) groups is 1. The Hall–Kier alpha value is -1.63. The highest BCUT2D eigenvalue weighted by atomic mass is 19.4. The molecule has 0 aliphatic carbocycles. The predicted octanol–water partition coefficient (Wildman–Crippen LogP) is 1.76. The lowest BCUT2D eigenvalue weighted by atomic mass is 10.0. The molecule has 0 radical (unpaired) electrons. The first kappa shape index (κ1) is 15.4. The quantitative estimate of drug-likeness (QED) is 0.825. The molecule has 106 valence electrons. The highest BCUT2D eigenvalue weighted by Crippen LogP contribution is 2.27. The molecule has 1 amide bonds. The maximum atomic E-state index is 13.2. The molecule has 19 heavy (non-hydrogen) atoms. The minimum absolute atomic E-state index is 0.0896. The molecule has 3 nitrogen and oxygen atoms in total. The number of alkyl halides is 3. The highest BCUT2D eigenvalue weighted by Gasteiger charge is 2.53. The molecule has 0 saturated carbocycles. The van der Waals surface area contributed by atoms with Crippen LogP contribution in [0.4, 0.5) is 17.6 Å². The number of nitrogens with one attached hydrogen (secondary N) is 1. The molecule has 1 rings (SSSR count). The van der Waals surface area contributed by atoms with Crippen LogP contribution in [0.1, 0.15) is 12.5 Å². The Morgan fingerprint density at radius 2 is 1.89 bits per heavy atom. The molecule has 0 aliphatic rings. The summed E-state index contributed by atoms with van der Waals surface area (Å²) in [6.45, 7) is 0.466. The van der Waals surface area contributed by atoms with Gasteiger partial charge in [0.25, 0.3) is 0 Å². The molecule has 1 unspecified atom stereocenters. The van der Waals surface area contributed by atoms with Crippen molar-refractivity contribution in [2.45, 2.75) is 25.1 Å². The van der Waals surface area contributed by atoms with Gasteiger partial charge in [0, 0.05) is 6.54 Å². The second-order valence-corrected chi connectivity index (χ2v) is 4.30. The second-order valence-electron chi connectivity index (χ2n) is 4.30. The third-order valence-corrected chi connectivity index (χ3v) is 2.70. The molecule has 1 aromatic carbocycles. The summed E-state index contributed by atoms with van der Waals surface area (Å²) in [5.74, 6) is -1.81. The summed E-state index contributed by atoms with van der Waals surface area (Å²) in [4.78, 5) is 11.3. The first-order chi connectivity index (χ1) is 8.66. The summed E-state index contributed by atoms with van der Waals surface area (Å²) < 4.78 is 50.6. The van der Waals surface area contributed by atoms with E-state index in [0.29, 0.717) is 12.5 Å². The fraction of sp³-hybridized carbons (Fsp3) is 0.417. The molecule has 7 heteroatoms. The third kappa shape index (κ3) is 3.66. The molecular weight excluding hydrogens is 264 g/mol. The largest absolute Gasteiger partial charge is 0.415 e. The number of nitrogens with two attached hydrogens (primary N) is 1. The van der Waals surface area contributed by atoms with Crippen molar-refractivity contribution in [3.05, 3.63) is 35.6 Å². The van der Waals surface area contributed by atoms with Gasteiger partial charge in [0.2, 0.25) is 5.91 Å². The van der Waals surface area contributed by atoms with E-state index in [1.165, 1.54) is 18.2 Å². The summed E-state index contributed by atoms with van der Waals surface area (Å²) in [5, 5.41) is 2.05. The lowest BCUT2D eigenvalue weighted by Crippen LogP contribution is -2.61. The molecular formula is C12H14F4N2O. The topological polar surface area (TPSA) is 55.1 Å². The van der Waals surface area contributed by atoms with Crippen molar-refractivity contribution in [2.75, 3.05) is 6.54 Å². The number of carbonyl (C=O) groups excluding carboxylic acids is 1. The Balaban J connectivity index is 2.55. The normalized spacial score (nSPS) is 14.8. The van der Waals surface area contributed by atoms with Crippen LogP contribution in [-0.4, -0.2) is 24.2 Å². The SMILES string of the molecule is CC(N)(C(=O)NCCc1ccccc1F)C(F)(F)F. The molecule has 0 spiro atoms. The highest BCUT2D eigenvalue weighted by molar-refractivity contribution is 5.86. The zero-order valence-electron chi connectivity index (χ0n) is 10.2. The van der Waals surface area contributed by atoms with Crippen LogP contribution in [-0.2, 0) is 11.2 Å². The minimum atomic E-state index is -4.84. The maximum absolute atomic E-state index is 13.2. The molecule has 0 bridgehead atoms. The van der Waals surface area contributed by atoms with Crippen molar-refractivity contribution in [1.29, 1.82) is 0 Å². The fourth-order valence-corrected chi connectivity index (χ4v) is 1.32. The number of amides is 1. The number of rotatable bonds is 4. The van der Waals surface area contributed by atoms with Gasteiger partial charge in [-0.25, -0.2) is 4.39 Å². The standard InChI is InChI=1S/C12H14F4N2O/c1-11(17,12(14,15)16)10(19)18-7-6-8-4-2-3-5-9(8)13/h2-5H,6-7,17H2,1H3,(H,18,19). The van der Waals surface area contributed by atoms with E-state index in [1.54, 1.807) is 6.07 Å². The monoisotopic (exact) mass is 278 g/mol. The van der Waals surface area contributed by atoms with Gasteiger partial charge in [0.05, 0.1) is 0 Å². The molecule has 3 N–H and O–H groups in total. The lowest BCUT2D eigenvalue weighted by Gasteiger charge is -2.26. The van der Waals surface area contributed by atoms with Crippen LogP contribution in [0, 0.1) is 5.82 Å². The van der Waals surface area contributed by atoms with Crippen LogP contribution >= 0.6 is 0 Å². The van der Waals surface area contributed by atoms with Gasteiger partial charge in [-0.15, -0.1) is 0 Å². The van der Waals surface area contributed by atoms with E-state index in [0.717, 1.165) is 0 Å². The van der Waals surface area contributed by atoms with Gasteiger partial charge < -0.3 is 11.1 Å². The van der Waals surface area contributed by atoms with Gasteiger partial charge in [-0.3, -0.25) is 4.79 Å². The van der Waals surface area contributed by atoms with Crippen molar-refractivity contribution in [2.24, 2.45) is 5.73 Å². The molecule has 0 aromatic heterocycles. The Kier molecular flexibility index (Phi) is 4.52. The van der Waals surface area contributed by atoms with Crippen molar-refractivity contribution in [3.8, 4) is 0 Å². The van der Waals surface area contributed by atoms with Gasteiger partial charge in [0.15, 0.2) is 5.54 Å². The number of benzene rings is 1. The van der Waals surface area contributed by atoms with E-state index in [9.17, 15) is 22.4 Å². The van der Waals surface area contributed by atoms with E-state index in [2.05, 4.69) is 5.32 Å². The summed E-state index contributed by atoms with van der Waals surface area (Å²) >= 11 is 0. The Morgan fingerprint density at radius 3 is 2.42 bits per heavy atom. The minimum Gasteiger partial charge on any atom is -0.354 e. The van der Waals surface area contributed by atoms with Gasteiger partial charge in [0.1, 0.15) is 5.82 Å². The zero-order valence-corrected chi connectivity index (χ0v) is 10.2. The van der Waals surface area contributed by atoms with Crippen LogP contribution in [0.5, 0.6) is 0 Å². The summed E-state index contributed by atoms with van der Waals surface area (Å²) in [6, 6.07) is 5.83. The fourth-order valence-electron chi connectivity index (χ4n) is 1.32. The number of hydrogen-bond donors (Lipinski definition) is 2. The van der Waals surface area contributed by atoms with Crippen molar-refractivity contribution < 1.29 is 22.4 Å². The molecule has 1 atom stereocenters. The van der Waals surface area contributed by atoms with Gasteiger partial charge in [-0.2, -0.15) is 13.2 Å². The van der Waals surface area contributed by atoms with Crippen LogP contribution in [0.3, 0.4) is 0 Å². The molecule has 0 aliphatic heterocycles. The van der Waals surface area contributed by atoms with E-state index in [4.69, 9.17) is 5.73 Å². The molecule has 0 heterocycles. The summed E-state index contributed by atoms with van der Waals surface area (Å²) in [7, 11) is 0. The van der Waals surface area contributed by atoms with Crippen LogP contribution in [0.15, 0.2) is 24.3 Å². The zero-order chi connectivity index (χ0) is 14.7. The van der Waals surface area contributed by atoms with Gasteiger partial charge >= 0.3 is 6.18 Å². The maximum Gasteiger partial charge on any atom is 0.415 e. The first-order valence-corrected chi connectivity index (χ1v) is 5.53. The van der Waals surface area contributed by atoms with Crippen molar-refractivity contribution in [3.63, 3.8) is 0 Å². The molecule has 0 saturated heterocycles. The predicted molar refractivity (Wildman–Crippen MR) is 61.8 cm³/mol. The van der Waals surface area contributed by atoms with E-state index < -0.39 is 23.4 Å². The molecule has 0 fully saturated rings. The Bertz CT molecular complexity index is 457. The average molecular weight is 278 g/mol. The summed E-state index contributed by atoms with van der Waals surface area (Å²) in [6.07, 6.45) is -4.75. The third-order valence-electron chi connectivity index (χ3n) is 2.70. The van der Waals surface area contributed by atoms with Crippen molar-refractivity contribution >= 4 is 5.91 Å². The Morgan fingerprint density at radius 1 is 1.32 bits per heavy atom. The van der Waals surface area contributed by atoms with E-state index in [1.807, 2.05) is 0 Å². The lowest BCUT2D eigenvalue weighted by molar-refractivity contribution is -0.187. The smallest absolute Gasteiger partial charge is 0.354 e. The molecule has 1 aromatic rings. The van der Waals surface area contributed by atoms with Crippen LogP contribution in [0.2, 0.25) is 0 Å². The Labute approximate surface area is 107 Å². The average Bonchev–Trinajstić information content (AvgIpc) is 2.30. The van der Waals surface area contributed by atoms with E-state index in [-0.39, 0.29) is 13.0 Å². The second kappa shape index (κ2) is 5.56. The summed E-state index contributed by atoms with van der Waals surface area (Å²) in [5.41, 5.74) is 2.29. The first-order valence-electron chi connectivity index (χ1n) is 5.53. The van der Waals surface area contributed by atoms with Gasteiger partial charge in [-0.1, -0.05) is 18.2 Å². The van der Waals surface area contributed by atoms with E-state index >= 15 is 0 Å². The van der Waals surface area contributed by atoms with Crippen LogP contribution in [0.25, 0.3) is 0 Å². The number of hydrogen-bond acceptors (Lipinski definition) is 2. The van der Waals surface area contributed by atoms with Crippen molar-refractivity contribution in [1.82, 2.24) is 5.32 Å². The number of halogens is 4. The van der Waals surface area contributed by atoms with Gasteiger partial charge in [-0.05, 0) is 25.0 Å².